The molecule has 0 bridgehead atoms. The summed E-state index contributed by atoms with van der Waals surface area (Å²) in [7, 11) is 5.44. The van der Waals surface area contributed by atoms with E-state index in [4.69, 9.17) is 15.3 Å². The Kier molecular flexibility index (Phi) is 8.30. The predicted molar refractivity (Wildman–Crippen MR) is 154 cm³/mol. The van der Waals surface area contributed by atoms with Crippen LogP contribution in [0.4, 0.5) is 28.7 Å². The SMILES string of the molecule is C=CC(=O)N(C)CCN(C)c1ccc2ncnc(Nc3ccc(Oc4ccc(NC)c(N=N)c4)c(C)c3)c2n1. The van der Waals surface area contributed by atoms with Gasteiger partial charge in [0.25, 0.3) is 0 Å². The number of aromatic nitrogens is 3. The normalized spacial score (nSPS) is 10.6. The van der Waals surface area contributed by atoms with Crippen LogP contribution in [0.1, 0.15) is 5.56 Å². The Balaban J connectivity index is 1.52. The molecule has 3 N–H and O–H groups in total. The molecule has 0 saturated heterocycles. The number of nitrogens with zero attached hydrogens (tertiary/aromatic N) is 6. The molecule has 1 amide bonds. The molecule has 39 heavy (non-hydrogen) atoms. The molecule has 2 aromatic carbocycles. The summed E-state index contributed by atoms with van der Waals surface area (Å²) >= 11 is 0. The Morgan fingerprint density at radius 1 is 1.13 bits per heavy atom. The van der Waals surface area contributed by atoms with Crippen LogP contribution in [0, 0.1) is 12.5 Å². The molecule has 2 heterocycles. The smallest absolute Gasteiger partial charge is 0.245 e. The standard InChI is InChI=1S/C28H31N9O2/c1-6-26(38)37(5)14-13-36(4)25-12-10-22-27(34-25)28(32-17-31-22)33-19-7-11-24(18(2)15-19)39-20-8-9-21(30-3)23(16-20)35-29/h6-12,15-17,29-30H,1,13-14H2,2-5H3,(H,31,32,33). The summed E-state index contributed by atoms with van der Waals surface area (Å²) in [6.45, 7) is 6.61. The molecule has 0 radical (unpaired) electrons. The van der Waals surface area contributed by atoms with Crippen LogP contribution in [0.2, 0.25) is 0 Å². The summed E-state index contributed by atoms with van der Waals surface area (Å²) in [6, 6.07) is 14.9. The molecular weight excluding hydrogens is 494 g/mol. The summed E-state index contributed by atoms with van der Waals surface area (Å²) in [6.07, 6.45) is 2.80. The molecule has 0 atom stereocenters. The van der Waals surface area contributed by atoms with Gasteiger partial charge >= 0.3 is 0 Å². The third-order valence-corrected chi connectivity index (χ3v) is 6.20. The molecule has 11 nitrogen and oxygen atoms in total. The number of carbonyl (C=O) groups is 1. The van der Waals surface area contributed by atoms with Gasteiger partial charge in [-0.15, -0.1) is 0 Å². The lowest BCUT2D eigenvalue weighted by atomic mass is 10.2. The van der Waals surface area contributed by atoms with Gasteiger partial charge in [-0.1, -0.05) is 6.58 Å². The van der Waals surface area contributed by atoms with Crippen LogP contribution in [0.3, 0.4) is 0 Å². The Morgan fingerprint density at radius 2 is 1.95 bits per heavy atom. The number of rotatable bonds is 11. The van der Waals surface area contributed by atoms with Gasteiger partial charge < -0.3 is 25.2 Å². The van der Waals surface area contributed by atoms with Crippen LogP contribution in [-0.2, 0) is 4.79 Å². The van der Waals surface area contributed by atoms with Crippen molar-refractivity contribution < 1.29 is 9.53 Å². The number of nitrogens with one attached hydrogen (secondary N) is 3. The number of fused-ring (bicyclic) bond motifs is 1. The first-order chi connectivity index (χ1) is 18.8. The van der Waals surface area contributed by atoms with Crippen LogP contribution >= 0.6 is 0 Å². The van der Waals surface area contributed by atoms with Crippen molar-refractivity contribution in [2.75, 3.05) is 49.8 Å². The largest absolute Gasteiger partial charge is 0.457 e. The second kappa shape index (κ2) is 12.0. The first-order valence-electron chi connectivity index (χ1n) is 12.3. The third-order valence-electron chi connectivity index (χ3n) is 6.20. The Bertz CT molecular complexity index is 1520. The van der Waals surface area contributed by atoms with E-state index in [0.29, 0.717) is 47.1 Å². The van der Waals surface area contributed by atoms with E-state index in [1.807, 2.05) is 61.3 Å². The zero-order valence-corrected chi connectivity index (χ0v) is 22.4. The van der Waals surface area contributed by atoms with E-state index in [-0.39, 0.29) is 5.91 Å². The number of hydrogen-bond acceptors (Lipinski definition) is 10. The molecular formula is C28H31N9O2. The molecule has 200 valence electrons. The second-order valence-corrected chi connectivity index (χ2v) is 8.89. The minimum absolute atomic E-state index is 0.124. The number of carbonyl (C=O) groups excluding carboxylic acids is 1. The summed E-state index contributed by atoms with van der Waals surface area (Å²) in [5, 5.41) is 9.91. The summed E-state index contributed by atoms with van der Waals surface area (Å²) < 4.78 is 6.06. The molecule has 0 saturated carbocycles. The molecule has 4 rings (SSSR count). The monoisotopic (exact) mass is 525 g/mol. The highest BCUT2D eigenvalue weighted by Gasteiger charge is 2.12. The number of hydrogen-bond donors (Lipinski definition) is 3. The van der Waals surface area contributed by atoms with Gasteiger partial charge in [-0.2, -0.15) is 5.11 Å². The van der Waals surface area contributed by atoms with Crippen LogP contribution in [0.25, 0.3) is 11.0 Å². The van der Waals surface area contributed by atoms with Gasteiger partial charge in [-0.3, -0.25) is 4.79 Å². The zero-order chi connectivity index (χ0) is 27.9. The lowest BCUT2D eigenvalue weighted by Gasteiger charge is -2.22. The van der Waals surface area contributed by atoms with E-state index in [1.165, 1.54) is 12.4 Å². The number of benzene rings is 2. The van der Waals surface area contributed by atoms with Gasteiger partial charge in [0.05, 0.1) is 11.2 Å². The van der Waals surface area contributed by atoms with E-state index in [9.17, 15) is 4.79 Å². The first-order valence-corrected chi connectivity index (χ1v) is 12.3. The highest BCUT2D eigenvalue weighted by atomic mass is 16.5. The van der Waals surface area contributed by atoms with Crippen LogP contribution in [0.5, 0.6) is 11.5 Å². The highest BCUT2D eigenvalue weighted by Crippen LogP contribution is 2.34. The summed E-state index contributed by atoms with van der Waals surface area (Å²) in [4.78, 5) is 28.9. The number of amides is 1. The molecule has 2 aromatic heterocycles. The van der Waals surface area contributed by atoms with Gasteiger partial charge in [-0.25, -0.2) is 20.5 Å². The molecule has 0 aliphatic rings. The summed E-state index contributed by atoms with van der Waals surface area (Å²) in [5.41, 5.74) is 11.7. The van der Waals surface area contributed by atoms with Crippen molar-refractivity contribution in [2.24, 2.45) is 5.11 Å². The van der Waals surface area contributed by atoms with E-state index < -0.39 is 0 Å². The summed E-state index contributed by atoms with van der Waals surface area (Å²) in [5.74, 6) is 2.46. The topological polar surface area (TPSA) is 132 Å². The zero-order valence-electron chi connectivity index (χ0n) is 22.4. The van der Waals surface area contributed by atoms with Crippen LogP contribution in [-0.4, -0.2) is 60.0 Å². The molecule has 4 aromatic rings. The van der Waals surface area contributed by atoms with Crippen molar-refractivity contribution in [1.82, 2.24) is 19.9 Å². The number of pyridine rings is 1. The fraction of sp³-hybridized carbons (Fsp3) is 0.214. The number of ether oxygens (including phenoxy) is 1. The number of aryl methyl sites for hydroxylation is 1. The Hall–Kier alpha value is -5.06. The quantitative estimate of drug-likeness (QED) is 0.169. The molecule has 0 aliphatic heterocycles. The van der Waals surface area contributed by atoms with Gasteiger partial charge in [0.15, 0.2) is 5.82 Å². The van der Waals surface area contributed by atoms with Gasteiger partial charge in [0.2, 0.25) is 5.91 Å². The van der Waals surface area contributed by atoms with Crippen molar-refractivity contribution in [2.45, 2.75) is 6.92 Å². The van der Waals surface area contributed by atoms with Crippen molar-refractivity contribution in [3.63, 3.8) is 0 Å². The molecule has 0 unspecified atom stereocenters. The van der Waals surface area contributed by atoms with Crippen molar-refractivity contribution in [3.05, 3.63) is 73.1 Å². The minimum atomic E-state index is -0.124. The lowest BCUT2D eigenvalue weighted by Crippen LogP contribution is -2.34. The van der Waals surface area contributed by atoms with Crippen molar-refractivity contribution in [3.8, 4) is 11.5 Å². The highest BCUT2D eigenvalue weighted by molar-refractivity contribution is 5.88. The van der Waals surface area contributed by atoms with E-state index >= 15 is 0 Å². The molecule has 0 spiro atoms. The Labute approximate surface area is 227 Å². The van der Waals surface area contributed by atoms with E-state index in [1.54, 1.807) is 25.1 Å². The average molecular weight is 526 g/mol. The van der Waals surface area contributed by atoms with Crippen LogP contribution in [0.15, 0.2) is 72.6 Å². The van der Waals surface area contributed by atoms with Gasteiger partial charge in [0.1, 0.15) is 34.8 Å². The van der Waals surface area contributed by atoms with Gasteiger partial charge in [-0.05, 0) is 61.0 Å². The van der Waals surface area contributed by atoms with Crippen molar-refractivity contribution >= 4 is 45.6 Å². The van der Waals surface area contributed by atoms with Crippen LogP contribution < -0.4 is 20.3 Å². The lowest BCUT2D eigenvalue weighted by molar-refractivity contribution is -0.124. The molecule has 0 aliphatic carbocycles. The predicted octanol–water partition coefficient (Wildman–Crippen LogP) is 5.65. The average Bonchev–Trinajstić information content (AvgIpc) is 2.96. The van der Waals surface area contributed by atoms with E-state index in [0.717, 1.165) is 22.8 Å². The number of anilines is 4. The maximum atomic E-state index is 11.8. The van der Waals surface area contributed by atoms with Crippen molar-refractivity contribution in [1.29, 1.82) is 5.53 Å². The maximum Gasteiger partial charge on any atom is 0.245 e. The molecule has 0 fully saturated rings. The Morgan fingerprint density at radius 3 is 2.67 bits per heavy atom. The fourth-order valence-electron chi connectivity index (χ4n) is 3.90. The van der Waals surface area contributed by atoms with E-state index in [2.05, 4.69) is 32.3 Å². The minimum Gasteiger partial charge on any atom is -0.457 e. The maximum absolute atomic E-state index is 11.8. The number of likely N-dealkylation sites (N-methyl/N-ethyl adjacent to an activating group) is 2. The van der Waals surface area contributed by atoms with Gasteiger partial charge in [0, 0.05) is 46.0 Å². The third kappa shape index (κ3) is 6.27. The first kappa shape index (κ1) is 27.0. The molecule has 11 heteroatoms. The second-order valence-electron chi connectivity index (χ2n) is 8.89. The fourth-order valence-corrected chi connectivity index (χ4v) is 3.90.